The van der Waals surface area contributed by atoms with Gasteiger partial charge in [-0.3, -0.25) is 4.79 Å². The van der Waals surface area contributed by atoms with Crippen molar-refractivity contribution in [1.29, 1.82) is 0 Å². The number of hydrogen-bond acceptors (Lipinski definition) is 6. The second kappa shape index (κ2) is 8.96. The van der Waals surface area contributed by atoms with Crippen molar-refractivity contribution in [2.45, 2.75) is 26.5 Å². The fourth-order valence-corrected chi connectivity index (χ4v) is 3.68. The van der Waals surface area contributed by atoms with Crippen molar-refractivity contribution < 1.29 is 19.0 Å². The molecule has 7 heteroatoms. The van der Waals surface area contributed by atoms with Crippen molar-refractivity contribution in [3.8, 4) is 17.2 Å². The molecule has 0 spiro atoms. The number of para-hydroxylation sites is 1. The van der Waals surface area contributed by atoms with Crippen LogP contribution in [0.5, 0.6) is 17.2 Å². The number of benzene rings is 2. The predicted molar refractivity (Wildman–Crippen MR) is 111 cm³/mol. The fraction of sp³-hybridized carbons (Fsp3) is 0.273. The van der Waals surface area contributed by atoms with Crippen molar-refractivity contribution in [3.05, 3.63) is 69.7 Å². The van der Waals surface area contributed by atoms with Crippen LogP contribution in [0.1, 0.15) is 21.8 Å². The van der Waals surface area contributed by atoms with Crippen LogP contribution in [0.4, 0.5) is 0 Å². The van der Waals surface area contributed by atoms with Gasteiger partial charge in [-0.2, -0.15) is 0 Å². The normalized spacial score (nSPS) is 12.4. The lowest BCUT2D eigenvalue weighted by molar-refractivity contribution is -0.120. The highest BCUT2D eigenvalue weighted by atomic mass is 32.1. The summed E-state index contributed by atoms with van der Waals surface area (Å²) in [6, 6.07) is 13.6. The number of thiazole rings is 1. The minimum Gasteiger partial charge on any atom is -0.486 e. The molecule has 150 valence electrons. The molecular weight excluding hydrogens is 388 g/mol. The highest BCUT2D eigenvalue weighted by molar-refractivity contribution is 7.09. The molecule has 1 aliphatic heterocycles. The Labute approximate surface area is 173 Å². The first kappa shape index (κ1) is 19.3. The first-order chi connectivity index (χ1) is 14.2. The van der Waals surface area contributed by atoms with Crippen molar-refractivity contribution in [3.63, 3.8) is 0 Å². The highest BCUT2D eigenvalue weighted by Gasteiger charge is 2.16. The number of ether oxygens (including phenoxy) is 3. The largest absolute Gasteiger partial charge is 0.486 e. The second-order valence-corrected chi connectivity index (χ2v) is 7.67. The molecule has 0 aliphatic carbocycles. The van der Waals surface area contributed by atoms with Crippen LogP contribution < -0.4 is 19.5 Å². The molecule has 0 saturated heterocycles. The standard InChI is InChI=1S/C22H22N2O4S/c1-15-5-7-18(8-6-15)28-13-21-24-17(14-29-21)11-20(25)23-12-16-3-2-4-19-22(16)27-10-9-26-19/h2-8,14H,9-13H2,1H3,(H,23,25). The molecule has 3 aromatic rings. The van der Waals surface area contributed by atoms with Gasteiger partial charge < -0.3 is 19.5 Å². The Morgan fingerprint density at radius 3 is 2.86 bits per heavy atom. The van der Waals surface area contributed by atoms with Crippen molar-refractivity contribution in [1.82, 2.24) is 10.3 Å². The molecule has 2 heterocycles. The van der Waals surface area contributed by atoms with Gasteiger partial charge in [0.25, 0.3) is 0 Å². The van der Waals surface area contributed by atoms with Gasteiger partial charge >= 0.3 is 0 Å². The van der Waals surface area contributed by atoms with Crippen LogP contribution >= 0.6 is 11.3 Å². The Balaban J connectivity index is 1.28. The van der Waals surface area contributed by atoms with Crippen molar-refractivity contribution in [2.24, 2.45) is 0 Å². The second-order valence-electron chi connectivity index (χ2n) is 6.73. The highest BCUT2D eigenvalue weighted by Crippen LogP contribution is 2.33. The average molecular weight is 410 g/mol. The SMILES string of the molecule is Cc1ccc(OCc2nc(CC(=O)NCc3cccc4c3OCCO4)cs2)cc1. The van der Waals surface area contributed by atoms with Crippen LogP contribution in [-0.4, -0.2) is 24.1 Å². The number of carbonyl (C=O) groups excluding carboxylic acids is 1. The van der Waals surface area contributed by atoms with Crippen LogP contribution in [0.2, 0.25) is 0 Å². The zero-order valence-electron chi connectivity index (χ0n) is 16.1. The third-order valence-electron chi connectivity index (χ3n) is 4.45. The summed E-state index contributed by atoms with van der Waals surface area (Å²) in [5, 5.41) is 5.67. The number of aryl methyl sites for hydroxylation is 1. The molecule has 0 bridgehead atoms. The number of aromatic nitrogens is 1. The number of nitrogens with one attached hydrogen (secondary N) is 1. The van der Waals surface area contributed by atoms with Gasteiger partial charge in [0.2, 0.25) is 5.91 Å². The molecule has 0 fully saturated rings. The Hall–Kier alpha value is -3.06. The van der Waals surface area contributed by atoms with E-state index in [0.29, 0.717) is 32.1 Å². The Kier molecular flexibility index (Phi) is 5.95. The Morgan fingerprint density at radius 1 is 1.17 bits per heavy atom. The number of carbonyl (C=O) groups is 1. The van der Waals surface area contributed by atoms with E-state index in [0.717, 1.165) is 27.8 Å². The molecule has 2 aromatic carbocycles. The lowest BCUT2D eigenvalue weighted by Gasteiger charge is -2.21. The minimum absolute atomic E-state index is 0.0874. The average Bonchev–Trinajstić information content (AvgIpc) is 3.19. The van der Waals surface area contributed by atoms with Gasteiger partial charge in [0.05, 0.1) is 12.1 Å². The molecule has 1 N–H and O–H groups in total. The van der Waals surface area contributed by atoms with Crippen LogP contribution in [0.15, 0.2) is 47.8 Å². The number of nitrogens with zero attached hydrogens (tertiary/aromatic N) is 1. The summed E-state index contributed by atoms with van der Waals surface area (Å²) in [4.78, 5) is 16.8. The van der Waals surface area contributed by atoms with Gasteiger partial charge in [0.1, 0.15) is 30.6 Å². The lowest BCUT2D eigenvalue weighted by atomic mass is 10.1. The Bertz CT molecular complexity index is 985. The molecule has 29 heavy (non-hydrogen) atoms. The summed E-state index contributed by atoms with van der Waals surface area (Å²) in [6.45, 7) is 3.88. The molecule has 0 unspecified atom stereocenters. The lowest BCUT2D eigenvalue weighted by Crippen LogP contribution is -2.26. The van der Waals surface area contributed by atoms with Gasteiger partial charge in [-0.05, 0) is 25.1 Å². The number of hydrogen-bond donors (Lipinski definition) is 1. The molecule has 1 aliphatic rings. The number of rotatable bonds is 7. The summed E-state index contributed by atoms with van der Waals surface area (Å²) in [7, 11) is 0. The zero-order chi connectivity index (χ0) is 20.1. The van der Waals surface area contributed by atoms with E-state index < -0.39 is 0 Å². The maximum absolute atomic E-state index is 12.3. The quantitative estimate of drug-likeness (QED) is 0.644. The van der Waals surface area contributed by atoms with Gasteiger partial charge in [-0.25, -0.2) is 4.98 Å². The van der Waals surface area contributed by atoms with Crippen LogP contribution in [-0.2, 0) is 24.4 Å². The van der Waals surface area contributed by atoms with Crippen LogP contribution in [0.25, 0.3) is 0 Å². The van der Waals surface area contributed by atoms with Gasteiger partial charge in [-0.1, -0.05) is 29.8 Å². The first-order valence-electron chi connectivity index (χ1n) is 9.44. The molecule has 1 amide bonds. The van der Waals surface area contributed by atoms with Crippen molar-refractivity contribution in [2.75, 3.05) is 13.2 Å². The molecule has 6 nitrogen and oxygen atoms in total. The molecule has 4 rings (SSSR count). The molecule has 0 saturated carbocycles. The first-order valence-corrected chi connectivity index (χ1v) is 10.3. The van der Waals surface area contributed by atoms with E-state index in [4.69, 9.17) is 14.2 Å². The maximum atomic E-state index is 12.3. The van der Waals surface area contributed by atoms with Crippen molar-refractivity contribution >= 4 is 17.2 Å². The van der Waals surface area contributed by atoms with E-state index >= 15 is 0 Å². The maximum Gasteiger partial charge on any atom is 0.226 e. The summed E-state index contributed by atoms with van der Waals surface area (Å²) < 4.78 is 17.0. The van der Waals surface area contributed by atoms with Gasteiger partial charge in [0, 0.05) is 17.5 Å². The van der Waals surface area contributed by atoms with E-state index in [1.807, 2.05) is 54.8 Å². The molecule has 0 radical (unpaired) electrons. The molecular formula is C22H22N2O4S. The fourth-order valence-electron chi connectivity index (χ4n) is 2.97. The minimum atomic E-state index is -0.0874. The van der Waals surface area contributed by atoms with E-state index in [9.17, 15) is 4.79 Å². The number of amides is 1. The summed E-state index contributed by atoms with van der Waals surface area (Å²) in [5.74, 6) is 2.15. The van der Waals surface area contributed by atoms with E-state index in [1.165, 1.54) is 16.9 Å². The Morgan fingerprint density at radius 2 is 2.00 bits per heavy atom. The van der Waals surface area contributed by atoms with E-state index in [-0.39, 0.29) is 12.3 Å². The van der Waals surface area contributed by atoms with Crippen LogP contribution in [0.3, 0.4) is 0 Å². The van der Waals surface area contributed by atoms with Crippen LogP contribution in [0, 0.1) is 6.92 Å². The smallest absolute Gasteiger partial charge is 0.226 e. The summed E-state index contributed by atoms with van der Waals surface area (Å²) in [6.07, 6.45) is 0.230. The molecule has 0 atom stereocenters. The van der Waals surface area contributed by atoms with E-state index in [1.54, 1.807) is 0 Å². The summed E-state index contributed by atoms with van der Waals surface area (Å²) in [5.41, 5.74) is 2.83. The number of fused-ring (bicyclic) bond motifs is 1. The van der Waals surface area contributed by atoms with E-state index in [2.05, 4.69) is 10.3 Å². The topological polar surface area (TPSA) is 69.7 Å². The predicted octanol–water partition coefficient (Wildman–Crippen LogP) is 3.66. The summed E-state index contributed by atoms with van der Waals surface area (Å²) >= 11 is 1.49. The third-order valence-corrected chi connectivity index (χ3v) is 5.32. The third kappa shape index (κ3) is 5.06. The van der Waals surface area contributed by atoms with Gasteiger partial charge in [0.15, 0.2) is 11.5 Å². The monoisotopic (exact) mass is 410 g/mol. The van der Waals surface area contributed by atoms with Gasteiger partial charge in [-0.15, -0.1) is 11.3 Å². The molecule has 1 aromatic heterocycles. The zero-order valence-corrected chi connectivity index (χ0v) is 17.0.